The van der Waals surface area contributed by atoms with Crippen LogP contribution in [0.4, 0.5) is 0 Å². The maximum Gasteiger partial charge on any atom is 0.289 e. The highest BCUT2D eigenvalue weighted by molar-refractivity contribution is 5.94. The van der Waals surface area contributed by atoms with Crippen LogP contribution in [0.3, 0.4) is 0 Å². The number of hydrogen-bond donors (Lipinski definition) is 1. The molecular weight excluding hydrogens is 248 g/mol. The number of benzene rings is 1. The number of amides is 1. The Morgan fingerprint density at radius 1 is 1.32 bits per heavy atom. The zero-order valence-electron chi connectivity index (χ0n) is 10.7. The number of rotatable bonds is 5. The first kappa shape index (κ1) is 12.9. The van der Waals surface area contributed by atoms with Gasteiger partial charge in [0.25, 0.3) is 5.91 Å². The average Bonchev–Trinajstić information content (AvgIpc) is 2.84. The summed E-state index contributed by atoms with van der Waals surface area (Å²) in [5.74, 6) is 1.28. The SMILES string of the molecule is CCOc1ccc(ONC(=O)c2cnoc2C)cc1. The second-order valence-electron chi connectivity index (χ2n) is 3.73. The van der Waals surface area contributed by atoms with Gasteiger partial charge < -0.3 is 14.1 Å². The van der Waals surface area contributed by atoms with Gasteiger partial charge in [-0.1, -0.05) is 5.16 Å². The highest BCUT2D eigenvalue weighted by Gasteiger charge is 2.13. The van der Waals surface area contributed by atoms with Gasteiger partial charge >= 0.3 is 0 Å². The van der Waals surface area contributed by atoms with Gasteiger partial charge in [-0.3, -0.25) is 4.79 Å². The lowest BCUT2D eigenvalue weighted by atomic mass is 10.3. The Balaban J connectivity index is 1.92. The predicted octanol–water partition coefficient (Wildman–Crippen LogP) is 2.11. The summed E-state index contributed by atoms with van der Waals surface area (Å²) in [6, 6.07) is 6.92. The summed E-state index contributed by atoms with van der Waals surface area (Å²) in [5, 5.41) is 3.52. The van der Waals surface area contributed by atoms with Gasteiger partial charge in [0, 0.05) is 0 Å². The highest BCUT2D eigenvalue weighted by Crippen LogP contribution is 2.17. The van der Waals surface area contributed by atoms with Crippen molar-refractivity contribution < 1.29 is 18.9 Å². The number of aryl methyl sites for hydroxylation is 1. The fourth-order valence-corrected chi connectivity index (χ4v) is 1.45. The van der Waals surface area contributed by atoms with E-state index >= 15 is 0 Å². The topological polar surface area (TPSA) is 73.6 Å². The van der Waals surface area contributed by atoms with Crippen LogP contribution in [0.15, 0.2) is 35.0 Å². The molecular formula is C13H14N2O4. The molecule has 0 saturated carbocycles. The van der Waals surface area contributed by atoms with Crippen LogP contribution in [0.25, 0.3) is 0 Å². The van der Waals surface area contributed by atoms with Crippen LogP contribution in [0.5, 0.6) is 11.5 Å². The second kappa shape index (κ2) is 5.90. The van der Waals surface area contributed by atoms with Crippen LogP contribution in [0.2, 0.25) is 0 Å². The van der Waals surface area contributed by atoms with Crippen molar-refractivity contribution in [1.29, 1.82) is 0 Å². The van der Waals surface area contributed by atoms with Gasteiger partial charge in [0.05, 0.1) is 12.8 Å². The van der Waals surface area contributed by atoms with Crippen molar-refractivity contribution in [3.8, 4) is 11.5 Å². The lowest BCUT2D eigenvalue weighted by Crippen LogP contribution is -2.27. The van der Waals surface area contributed by atoms with Gasteiger partial charge in [-0.15, -0.1) is 0 Å². The quantitative estimate of drug-likeness (QED) is 0.835. The van der Waals surface area contributed by atoms with E-state index in [4.69, 9.17) is 14.1 Å². The summed E-state index contributed by atoms with van der Waals surface area (Å²) in [4.78, 5) is 16.9. The highest BCUT2D eigenvalue weighted by atomic mass is 16.7. The molecule has 6 nitrogen and oxygen atoms in total. The Bertz CT molecular complexity index is 548. The second-order valence-corrected chi connectivity index (χ2v) is 3.73. The molecule has 6 heteroatoms. The first-order valence-corrected chi connectivity index (χ1v) is 5.82. The van der Waals surface area contributed by atoms with Crippen molar-refractivity contribution in [2.24, 2.45) is 0 Å². The first-order valence-electron chi connectivity index (χ1n) is 5.82. The molecule has 1 N–H and O–H groups in total. The number of ether oxygens (including phenoxy) is 1. The van der Waals surface area contributed by atoms with E-state index in [9.17, 15) is 4.79 Å². The standard InChI is InChI=1S/C13H14N2O4/c1-3-17-10-4-6-11(7-5-10)19-15-13(16)12-8-14-18-9(12)2/h4-8H,3H2,1-2H3,(H,15,16). The summed E-state index contributed by atoms with van der Waals surface area (Å²) in [5.41, 5.74) is 2.65. The van der Waals surface area contributed by atoms with Gasteiger partial charge in [-0.05, 0) is 38.1 Å². The number of nitrogens with one attached hydrogen (secondary N) is 1. The number of hydroxylamine groups is 1. The number of carbonyl (C=O) groups is 1. The molecule has 1 aromatic carbocycles. The van der Waals surface area contributed by atoms with Gasteiger partial charge in [0.2, 0.25) is 0 Å². The fraction of sp³-hybridized carbons (Fsp3) is 0.231. The molecule has 0 fully saturated rings. The molecule has 0 radical (unpaired) electrons. The zero-order valence-corrected chi connectivity index (χ0v) is 10.7. The summed E-state index contributed by atoms with van der Waals surface area (Å²) >= 11 is 0. The van der Waals surface area contributed by atoms with Gasteiger partial charge in [0.1, 0.15) is 17.1 Å². The summed E-state index contributed by atoms with van der Waals surface area (Å²) in [6.07, 6.45) is 1.34. The van der Waals surface area contributed by atoms with Gasteiger partial charge in [-0.25, -0.2) is 0 Å². The minimum absolute atomic E-state index is 0.339. The normalized spacial score (nSPS) is 10.0. The minimum Gasteiger partial charge on any atom is -0.494 e. The van der Waals surface area contributed by atoms with Crippen LogP contribution in [-0.4, -0.2) is 17.7 Å². The van der Waals surface area contributed by atoms with E-state index < -0.39 is 5.91 Å². The largest absolute Gasteiger partial charge is 0.494 e. The number of aromatic nitrogens is 1. The van der Waals surface area contributed by atoms with Crippen LogP contribution in [0, 0.1) is 6.92 Å². The molecule has 0 unspecified atom stereocenters. The van der Waals surface area contributed by atoms with Crippen molar-refractivity contribution in [3.05, 3.63) is 41.8 Å². The third kappa shape index (κ3) is 3.25. The van der Waals surface area contributed by atoms with Crippen LogP contribution in [0.1, 0.15) is 23.0 Å². The molecule has 2 rings (SSSR count). The average molecular weight is 262 g/mol. The number of nitrogens with zero attached hydrogens (tertiary/aromatic N) is 1. The Morgan fingerprint density at radius 3 is 2.58 bits per heavy atom. The summed E-state index contributed by atoms with van der Waals surface area (Å²) in [6.45, 7) is 4.16. The van der Waals surface area contributed by atoms with E-state index in [2.05, 4.69) is 10.6 Å². The predicted molar refractivity (Wildman–Crippen MR) is 66.9 cm³/mol. The molecule has 1 heterocycles. The summed E-state index contributed by atoms with van der Waals surface area (Å²) < 4.78 is 10.1. The summed E-state index contributed by atoms with van der Waals surface area (Å²) in [7, 11) is 0. The Kier molecular flexibility index (Phi) is 4.02. The molecule has 19 heavy (non-hydrogen) atoms. The fourth-order valence-electron chi connectivity index (χ4n) is 1.45. The first-order chi connectivity index (χ1) is 9.20. The maximum absolute atomic E-state index is 11.7. The molecule has 0 spiro atoms. The molecule has 0 saturated heterocycles. The maximum atomic E-state index is 11.7. The molecule has 0 bridgehead atoms. The zero-order chi connectivity index (χ0) is 13.7. The van der Waals surface area contributed by atoms with E-state index in [1.807, 2.05) is 6.92 Å². The minimum atomic E-state index is -0.410. The molecule has 0 aliphatic carbocycles. The van der Waals surface area contributed by atoms with E-state index in [0.29, 0.717) is 23.7 Å². The Morgan fingerprint density at radius 2 is 2.00 bits per heavy atom. The molecule has 100 valence electrons. The van der Waals surface area contributed by atoms with Crippen LogP contribution >= 0.6 is 0 Å². The van der Waals surface area contributed by atoms with Crippen LogP contribution < -0.4 is 15.1 Å². The molecule has 1 aromatic heterocycles. The van der Waals surface area contributed by atoms with Crippen molar-refractivity contribution in [3.63, 3.8) is 0 Å². The Labute approximate surface area is 110 Å². The molecule has 0 aliphatic heterocycles. The van der Waals surface area contributed by atoms with E-state index in [1.165, 1.54) is 6.20 Å². The van der Waals surface area contributed by atoms with Crippen molar-refractivity contribution in [2.45, 2.75) is 13.8 Å². The van der Waals surface area contributed by atoms with E-state index in [1.54, 1.807) is 31.2 Å². The van der Waals surface area contributed by atoms with Crippen molar-refractivity contribution in [1.82, 2.24) is 10.6 Å². The molecule has 0 atom stereocenters. The lowest BCUT2D eigenvalue weighted by molar-refractivity contribution is 0.0758. The number of hydrogen-bond acceptors (Lipinski definition) is 5. The van der Waals surface area contributed by atoms with Crippen molar-refractivity contribution in [2.75, 3.05) is 6.61 Å². The van der Waals surface area contributed by atoms with Crippen molar-refractivity contribution >= 4 is 5.91 Å². The lowest BCUT2D eigenvalue weighted by Gasteiger charge is -2.07. The van der Waals surface area contributed by atoms with Crippen LogP contribution in [-0.2, 0) is 0 Å². The monoisotopic (exact) mass is 262 g/mol. The Hall–Kier alpha value is -2.50. The molecule has 2 aromatic rings. The third-order valence-corrected chi connectivity index (χ3v) is 2.39. The number of carbonyl (C=O) groups excluding carboxylic acids is 1. The van der Waals surface area contributed by atoms with Gasteiger partial charge in [-0.2, -0.15) is 5.48 Å². The molecule has 0 aliphatic rings. The third-order valence-electron chi connectivity index (χ3n) is 2.39. The van der Waals surface area contributed by atoms with E-state index in [-0.39, 0.29) is 0 Å². The van der Waals surface area contributed by atoms with E-state index in [0.717, 1.165) is 5.75 Å². The molecule has 1 amide bonds. The smallest absolute Gasteiger partial charge is 0.289 e. The van der Waals surface area contributed by atoms with Gasteiger partial charge in [0.15, 0.2) is 5.75 Å².